The zero-order chi connectivity index (χ0) is 14.1. The number of rotatable bonds is 10. The maximum absolute atomic E-state index is 9.92. The monoisotopic (exact) mass is 289 g/mol. The number of hydrogen-bond acceptors (Lipinski definition) is 6. The molecule has 0 aliphatic carbocycles. The number of aliphatic hydroxyl groups excluding tert-OH is 1. The summed E-state index contributed by atoms with van der Waals surface area (Å²) in [6.45, 7) is 3.20. The van der Waals surface area contributed by atoms with Crippen molar-refractivity contribution >= 4 is 11.8 Å². The summed E-state index contributed by atoms with van der Waals surface area (Å²) in [6.07, 6.45) is 2.94. The highest BCUT2D eigenvalue weighted by atomic mass is 32.2. The van der Waals surface area contributed by atoms with Crippen molar-refractivity contribution in [1.29, 1.82) is 0 Å². The number of furan rings is 1. The highest BCUT2D eigenvalue weighted by Crippen LogP contribution is 2.08. The molecular formula is C13H23NO4S. The van der Waals surface area contributed by atoms with Gasteiger partial charge in [0, 0.05) is 18.8 Å². The highest BCUT2D eigenvalue weighted by Gasteiger charge is 2.19. The van der Waals surface area contributed by atoms with Gasteiger partial charge in [-0.05, 0) is 25.3 Å². The molecule has 1 rings (SSSR count). The second kappa shape index (κ2) is 8.60. The van der Waals surface area contributed by atoms with Crippen LogP contribution in [0.1, 0.15) is 12.7 Å². The van der Waals surface area contributed by atoms with Crippen molar-refractivity contribution in [2.24, 2.45) is 0 Å². The Kier molecular flexibility index (Phi) is 7.48. The van der Waals surface area contributed by atoms with Gasteiger partial charge in [-0.3, -0.25) is 0 Å². The minimum absolute atomic E-state index is 0.234. The van der Waals surface area contributed by atoms with E-state index in [1.54, 1.807) is 31.0 Å². The molecule has 1 aromatic heterocycles. The fourth-order valence-electron chi connectivity index (χ4n) is 1.62. The maximum Gasteiger partial charge on any atom is 0.129 e. The largest absolute Gasteiger partial charge is 0.467 e. The van der Waals surface area contributed by atoms with E-state index in [1.165, 1.54) is 0 Å². The molecule has 1 heterocycles. The van der Waals surface area contributed by atoms with E-state index in [0.29, 0.717) is 25.4 Å². The Morgan fingerprint density at radius 2 is 2.37 bits per heavy atom. The van der Waals surface area contributed by atoms with E-state index in [2.05, 4.69) is 5.32 Å². The molecule has 110 valence electrons. The quantitative estimate of drug-likeness (QED) is 0.593. The molecule has 0 radical (unpaired) electrons. The molecule has 1 aromatic rings. The lowest BCUT2D eigenvalue weighted by atomic mass is 10.1. The first kappa shape index (κ1) is 16.5. The molecule has 2 unspecified atom stereocenters. The van der Waals surface area contributed by atoms with Crippen LogP contribution in [0.3, 0.4) is 0 Å². The van der Waals surface area contributed by atoms with E-state index in [0.717, 1.165) is 5.76 Å². The van der Waals surface area contributed by atoms with Crippen LogP contribution in [0.25, 0.3) is 0 Å². The van der Waals surface area contributed by atoms with Gasteiger partial charge in [0.1, 0.15) is 12.4 Å². The molecule has 0 saturated heterocycles. The van der Waals surface area contributed by atoms with Crippen LogP contribution in [-0.4, -0.2) is 53.6 Å². The number of thioether (sulfide) groups is 1. The van der Waals surface area contributed by atoms with Gasteiger partial charge in [-0.2, -0.15) is 11.8 Å². The fraction of sp³-hybridized carbons (Fsp3) is 0.692. The van der Waals surface area contributed by atoms with Gasteiger partial charge < -0.3 is 24.7 Å². The Balaban J connectivity index is 2.06. The second-order valence-corrected chi connectivity index (χ2v) is 5.68. The van der Waals surface area contributed by atoms with E-state index in [4.69, 9.17) is 9.15 Å². The van der Waals surface area contributed by atoms with E-state index in [9.17, 15) is 10.2 Å². The minimum Gasteiger partial charge on any atom is -0.467 e. The number of ether oxygens (including phenoxy) is 1. The topological polar surface area (TPSA) is 74.9 Å². The van der Waals surface area contributed by atoms with Crippen molar-refractivity contribution in [3.8, 4) is 0 Å². The summed E-state index contributed by atoms with van der Waals surface area (Å²) in [5, 5.41) is 22.7. The van der Waals surface area contributed by atoms with Crippen LogP contribution in [0.15, 0.2) is 22.8 Å². The average molecular weight is 289 g/mol. The number of hydrogen-bond donors (Lipinski definition) is 3. The Morgan fingerprint density at radius 3 is 3.00 bits per heavy atom. The standard InChI is InChI=1S/C13H23NO4S/c1-13(16,10-19-2)9-14-6-11(15)7-17-8-12-4-3-5-18-12/h3-5,11,14-16H,6-10H2,1-2H3. The van der Waals surface area contributed by atoms with Crippen molar-refractivity contribution in [2.45, 2.75) is 25.2 Å². The molecule has 0 aliphatic rings. The molecular weight excluding hydrogens is 266 g/mol. The van der Waals surface area contributed by atoms with Crippen LogP contribution in [-0.2, 0) is 11.3 Å². The van der Waals surface area contributed by atoms with Gasteiger partial charge in [0.15, 0.2) is 0 Å². The Morgan fingerprint density at radius 1 is 1.58 bits per heavy atom. The van der Waals surface area contributed by atoms with Crippen LogP contribution in [0.4, 0.5) is 0 Å². The molecule has 0 aromatic carbocycles. The first-order valence-electron chi connectivity index (χ1n) is 6.24. The van der Waals surface area contributed by atoms with Gasteiger partial charge in [0.05, 0.1) is 24.6 Å². The molecule has 6 heteroatoms. The molecule has 0 bridgehead atoms. The molecule has 0 amide bonds. The van der Waals surface area contributed by atoms with Gasteiger partial charge in [-0.1, -0.05) is 0 Å². The number of nitrogens with one attached hydrogen (secondary N) is 1. The van der Waals surface area contributed by atoms with Crippen LogP contribution in [0, 0.1) is 0 Å². The first-order chi connectivity index (χ1) is 9.03. The molecule has 0 aliphatic heterocycles. The molecule has 5 nitrogen and oxygen atoms in total. The lowest BCUT2D eigenvalue weighted by Gasteiger charge is -2.23. The van der Waals surface area contributed by atoms with E-state index in [1.807, 2.05) is 12.3 Å². The third-order valence-electron chi connectivity index (χ3n) is 2.48. The summed E-state index contributed by atoms with van der Waals surface area (Å²) in [7, 11) is 0. The molecule has 0 saturated carbocycles. The summed E-state index contributed by atoms with van der Waals surface area (Å²) in [6, 6.07) is 3.62. The lowest BCUT2D eigenvalue weighted by Crippen LogP contribution is -2.43. The molecule has 0 spiro atoms. The Hall–Kier alpha value is -0.530. The van der Waals surface area contributed by atoms with E-state index in [-0.39, 0.29) is 6.61 Å². The smallest absolute Gasteiger partial charge is 0.129 e. The SMILES string of the molecule is CSCC(C)(O)CNCC(O)COCc1ccco1. The van der Waals surface area contributed by atoms with Crippen LogP contribution in [0.5, 0.6) is 0 Å². The van der Waals surface area contributed by atoms with Crippen LogP contribution >= 0.6 is 11.8 Å². The zero-order valence-electron chi connectivity index (χ0n) is 11.5. The van der Waals surface area contributed by atoms with E-state index < -0.39 is 11.7 Å². The van der Waals surface area contributed by atoms with Gasteiger partial charge in [-0.25, -0.2) is 0 Å². The van der Waals surface area contributed by atoms with Crippen LogP contribution in [0.2, 0.25) is 0 Å². The van der Waals surface area contributed by atoms with Crippen molar-refractivity contribution in [1.82, 2.24) is 5.32 Å². The van der Waals surface area contributed by atoms with Crippen molar-refractivity contribution in [3.05, 3.63) is 24.2 Å². The zero-order valence-corrected chi connectivity index (χ0v) is 12.3. The Labute approximate surface area is 118 Å². The maximum atomic E-state index is 9.92. The number of aliphatic hydroxyl groups is 2. The first-order valence-corrected chi connectivity index (χ1v) is 7.63. The van der Waals surface area contributed by atoms with Gasteiger partial charge in [-0.15, -0.1) is 0 Å². The Bertz CT molecular complexity index is 329. The van der Waals surface area contributed by atoms with Gasteiger partial charge in [0.25, 0.3) is 0 Å². The third-order valence-corrected chi connectivity index (χ3v) is 3.39. The normalized spacial score (nSPS) is 16.2. The molecule has 2 atom stereocenters. The highest BCUT2D eigenvalue weighted by molar-refractivity contribution is 7.98. The van der Waals surface area contributed by atoms with Gasteiger partial charge in [0.2, 0.25) is 0 Å². The summed E-state index contributed by atoms with van der Waals surface area (Å²) >= 11 is 1.59. The lowest BCUT2D eigenvalue weighted by molar-refractivity contribution is 0.0185. The average Bonchev–Trinajstić information content (AvgIpc) is 2.81. The van der Waals surface area contributed by atoms with Crippen LogP contribution < -0.4 is 5.32 Å². The third kappa shape index (κ3) is 7.59. The summed E-state index contributed by atoms with van der Waals surface area (Å²) < 4.78 is 10.4. The molecule has 19 heavy (non-hydrogen) atoms. The summed E-state index contributed by atoms with van der Waals surface area (Å²) in [4.78, 5) is 0. The van der Waals surface area contributed by atoms with Gasteiger partial charge >= 0.3 is 0 Å². The predicted octanol–water partition coefficient (Wildman–Crippen LogP) is 0.861. The van der Waals surface area contributed by atoms with E-state index >= 15 is 0 Å². The van der Waals surface area contributed by atoms with Crippen molar-refractivity contribution < 1.29 is 19.4 Å². The second-order valence-electron chi connectivity index (χ2n) is 4.81. The fourth-order valence-corrected chi connectivity index (χ4v) is 2.34. The summed E-state index contributed by atoms with van der Waals surface area (Å²) in [5.74, 6) is 1.40. The molecule has 3 N–H and O–H groups in total. The predicted molar refractivity (Wildman–Crippen MR) is 76.2 cm³/mol. The summed E-state index contributed by atoms with van der Waals surface area (Å²) in [5.41, 5.74) is -0.756. The van der Waals surface area contributed by atoms with Crippen molar-refractivity contribution in [3.63, 3.8) is 0 Å². The molecule has 0 fully saturated rings. The van der Waals surface area contributed by atoms with Crippen molar-refractivity contribution in [2.75, 3.05) is 31.7 Å². The minimum atomic E-state index is -0.756.